The Labute approximate surface area is 95.4 Å². The van der Waals surface area contributed by atoms with Gasteiger partial charge in [0.05, 0.1) is 0 Å². The van der Waals surface area contributed by atoms with Gasteiger partial charge in [-0.15, -0.1) is 5.10 Å². The van der Waals surface area contributed by atoms with E-state index < -0.39 is 0 Å². The summed E-state index contributed by atoms with van der Waals surface area (Å²) in [4.78, 5) is 4.47. The van der Waals surface area contributed by atoms with Crippen LogP contribution in [0.25, 0.3) is 11.6 Å². The van der Waals surface area contributed by atoms with Gasteiger partial charge in [0, 0.05) is 13.0 Å². The van der Waals surface area contributed by atoms with Gasteiger partial charge in [-0.25, -0.2) is 9.67 Å². The summed E-state index contributed by atoms with van der Waals surface area (Å²) in [7, 11) is 0. The third kappa shape index (κ3) is 1.61. The quantitative estimate of drug-likeness (QED) is 0.798. The zero-order valence-electron chi connectivity index (χ0n) is 8.11. The Morgan fingerprint density at radius 2 is 2.27 bits per heavy atom. The van der Waals surface area contributed by atoms with E-state index in [1.165, 1.54) is 12.8 Å². The molecule has 3 heterocycles. The van der Waals surface area contributed by atoms with Crippen LogP contribution in [-0.4, -0.2) is 14.8 Å². The minimum absolute atomic E-state index is 0.692. The Bertz CT molecular complexity index is 465. The van der Waals surface area contributed by atoms with E-state index in [0.29, 0.717) is 10.5 Å². The van der Waals surface area contributed by atoms with E-state index in [-0.39, 0.29) is 0 Å². The van der Waals surface area contributed by atoms with Gasteiger partial charge in [0.2, 0.25) is 5.82 Å². The first kappa shape index (κ1) is 9.15. The molecule has 78 valence electrons. The maximum absolute atomic E-state index is 5.43. The number of rotatable bonds is 1. The minimum Gasteiger partial charge on any atom is -0.446 e. The van der Waals surface area contributed by atoms with E-state index in [1.54, 1.807) is 0 Å². The molecule has 0 aliphatic carbocycles. The fraction of sp³-hybridized carbons (Fsp3) is 0.400. The molecule has 0 amide bonds. The summed E-state index contributed by atoms with van der Waals surface area (Å²) in [5.74, 6) is 2.49. The summed E-state index contributed by atoms with van der Waals surface area (Å²) in [6, 6.07) is 3.74. The molecule has 5 heteroatoms. The van der Waals surface area contributed by atoms with Gasteiger partial charge in [-0.05, 0) is 40.9 Å². The van der Waals surface area contributed by atoms with Gasteiger partial charge in [-0.1, -0.05) is 0 Å². The van der Waals surface area contributed by atoms with Gasteiger partial charge >= 0.3 is 0 Å². The summed E-state index contributed by atoms with van der Waals surface area (Å²) in [6.45, 7) is 0.976. The lowest BCUT2D eigenvalue weighted by Crippen LogP contribution is -2.11. The van der Waals surface area contributed by atoms with Crippen molar-refractivity contribution in [2.45, 2.75) is 25.8 Å². The average molecular weight is 268 g/mol. The lowest BCUT2D eigenvalue weighted by atomic mass is 10.2. The van der Waals surface area contributed by atoms with Gasteiger partial charge in [-0.2, -0.15) is 0 Å². The van der Waals surface area contributed by atoms with Crippen LogP contribution in [0.4, 0.5) is 0 Å². The van der Waals surface area contributed by atoms with Gasteiger partial charge in [0.25, 0.3) is 0 Å². The van der Waals surface area contributed by atoms with Crippen molar-refractivity contribution in [3.05, 3.63) is 22.6 Å². The lowest BCUT2D eigenvalue weighted by molar-refractivity contribution is 0.479. The lowest BCUT2D eigenvalue weighted by Gasteiger charge is -2.09. The monoisotopic (exact) mass is 267 g/mol. The number of fused-ring (bicyclic) bond motifs is 1. The summed E-state index contributed by atoms with van der Waals surface area (Å²) < 4.78 is 8.12. The second-order valence-electron chi connectivity index (χ2n) is 3.64. The number of hydrogen-bond donors (Lipinski definition) is 0. The van der Waals surface area contributed by atoms with E-state index in [9.17, 15) is 0 Å². The van der Waals surface area contributed by atoms with Crippen molar-refractivity contribution in [1.82, 2.24) is 14.8 Å². The van der Waals surface area contributed by atoms with Crippen molar-refractivity contribution in [1.29, 1.82) is 0 Å². The number of furan rings is 1. The number of hydrogen-bond acceptors (Lipinski definition) is 3. The zero-order chi connectivity index (χ0) is 10.3. The van der Waals surface area contributed by atoms with Crippen molar-refractivity contribution >= 4 is 15.9 Å². The first-order valence-electron chi connectivity index (χ1n) is 5.02. The van der Waals surface area contributed by atoms with E-state index in [1.807, 2.05) is 16.8 Å². The fourth-order valence-corrected chi connectivity index (χ4v) is 2.13. The Morgan fingerprint density at radius 1 is 1.33 bits per heavy atom. The molecule has 1 aliphatic heterocycles. The van der Waals surface area contributed by atoms with Crippen LogP contribution in [0, 0.1) is 0 Å². The molecule has 0 atom stereocenters. The van der Waals surface area contributed by atoms with Crippen molar-refractivity contribution in [2.75, 3.05) is 0 Å². The van der Waals surface area contributed by atoms with Crippen LogP contribution in [0.3, 0.4) is 0 Å². The molecule has 0 radical (unpaired) electrons. The fourth-order valence-electron chi connectivity index (χ4n) is 1.82. The zero-order valence-corrected chi connectivity index (χ0v) is 9.70. The molecule has 1 aliphatic rings. The van der Waals surface area contributed by atoms with Crippen LogP contribution in [0.2, 0.25) is 0 Å². The highest BCUT2D eigenvalue weighted by Crippen LogP contribution is 2.23. The number of aromatic nitrogens is 3. The predicted molar refractivity (Wildman–Crippen MR) is 58.4 cm³/mol. The molecule has 3 rings (SSSR count). The smallest absolute Gasteiger partial charge is 0.217 e. The highest BCUT2D eigenvalue weighted by Gasteiger charge is 2.16. The summed E-state index contributed by atoms with van der Waals surface area (Å²) >= 11 is 3.27. The Morgan fingerprint density at radius 3 is 3.00 bits per heavy atom. The third-order valence-corrected chi connectivity index (χ3v) is 2.99. The molecule has 0 spiro atoms. The molecular weight excluding hydrogens is 258 g/mol. The van der Waals surface area contributed by atoms with Crippen LogP contribution >= 0.6 is 15.9 Å². The van der Waals surface area contributed by atoms with Crippen molar-refractivity contribution in [3.8, 4) is 11.6 Å². The normalized spacial score (nSPS) is 15.3. The summed E-state index contributed by atoms with van der Waals surface area (Å²) in [5.41, 5.74) is 0. The molecule has 4 nitrogen and oxygen atoms in total. The Hall–Kier alpha value is -1.10. The maximum atomic E-state index is 5.43. The molecule has 2 aromatic heterocycles. The second-order valence-corrected chi connectivity index (χ2v) is 4.42. The van der Waals surface area contributed by atoms with Gasteiger partial charge in [0.15, 0.2) is 10.4 Å². The molecule has 2 aromatic rings. The van der Waals surface area contributed by atoms with Gasteiger partial charge in [-0.3, -0.25) is 0 Å². The van der Waals surface area contributed by atoms with E-state index in [2.05, 4.69) is 26.0 Å². The van der Waals surface area contributed by atoms with Gasteiger partial charge < -0.3 is 4.42 Å². The highest BCUT2D eigenvalue weighted by molar-refractivity contribution is 9.10. The molecule has 0 N–H and O–H groups in total. The van der Waals surface area contributed by atoms with E-state index in [4.69, 9.17) is 4.42 Å². The second kappa shape index (κ2) is 3.48. The molecule has 0 saturated heterocycles. The van der Waals surface area contributed by atoms with E-state index >= 15 is 0 Å². The topological polar surface area (TPSA) is 43.9 Å². The van der Waals surface area contributed by atoms with Crippen molar-refractivity contribution in [3.63, 3.8) is 0 Å². The maximum Gasteiger partial charge on any atom is 0.217 e. The standard InChI is InChI=1S/C10H10BrN3O/c11-8-5-4-7(15-8)10-12-9-3-1-2-6-14(9)13-10/h4-5H,1-3,6H2. The van der Waals surface area contributed by atoms with Gasteiger partial charge in [0.1, 0.15) is 5.82 Å². The SMILES string of the molecule is Brc1ccc(-c2nc3n(n2)CCCC3)o1. The molecule has 0 fully saturated rings. The molecule has 15 heavy (non-hydrogen) atoms. The number of aryl methyl sites for hydroxylation is 2. The minimum atomic E-state index is 0.692. The molecule has 0 bridgehead atoms. The average Bonchev–Trinajstić information content (AvgIpc) is 2.82. The highest BCUT2D eigenvalue weighted by atomic mass is 79.9. The van der Waals surface area contributed by atoms with Crippen molar-refractivity contribution in [2.24, 2.45) is 0 Å². The van der Waals surface area contributed by atoms with Crippen LogP contribution in [-0.2, 0) is 13.0 Å². The van der Waals surface area contributed by atoms with Crippen LogP contribution in [0.5, 0.6) is 0 Å². The van der Waals surface area contributed by atoms with Crippen molar-refractivity contribution < 1.29 is 4.42 Å². The molecular formula is C10H10BrN3O. The third-order valence-electron chi connectivity index (χ3n) is 2.56. The predicted octanol–water partition coefficient (Wildman–Crippen LogP) is 2.64. The Balaban J connectivity index is 2.02. The van der Waals surface area contributed by atoms with Crippen LogP contribution in [0.15, 0.2) is 21.2 Å². The molecule has 0 aromatic carbocycles. The Kier molecular flexibility index (Phi) is 2.12. The van der Waals surface area contributed by atoms with E-state index in [0.717, 1.165) is 24.6 Å². The molecule has 0 saturated carbocycles. The molecule has 0 unspecified atom stereocenters. The first-order valence-corrected chi connectivity index (χ1v) is 5.82. The summed E-state index contributed by atoms with van der Waals surface area (Å²) in [6.07, 6.45) is 3.42. The van der Waals surface area contributed by atoms with Crippen LogP contribution in [0.1, 0.15) is 18.7 Å². The first-order chi connectivity index (χ1) is 7.33. The summed E-state index contributed by atoms with van der Waals surface area (Å²) in [5, 5.41) is 4.43. The largest absolute Gasteiger partial charge is 0.446 e. The van der Waals surface area contributed by atoms with Crippen LogP contribution < -0.4 is 0 Å². The number of nitrogens with zero attached hydrogens (tertiary/aromatic N) is 3. The number of halogens is 1.